The Balaban J connectivity index is 1.86. The molecule has 2 aromatic carbocycles. The van der Waals surface area contributed by atoms with Gasteiger partial charge >= 0.3 is 0 Å². The van der Waals surface area contributed by atoms with Gasteiger partial charge in [-0.15, -0.1) is 11.8 Å². The van der Waals surface area contributed by atoms with Crippen LogP contribution in [-0.4, -0.2) is 16.8 Å². The second-order valence-corrected chi connectivity index (χ2v) is 6.08. The summed E-state index contributed by atoms with van der Waals surface area (Å²) in [4.78, 5) is 12.6. The van der Waals surface area contributed by atoms with E-state index in [1.165, 1.54) is 5.56 Å². The van der Waals surface area contributed by atoms with Gasteiger partial charge in [-0.2, -0.15) is 0 Å². The molecular weight excluding hydrogens is 252 g/mol. The smallest absolute Gasteiger partial charge is 0.176 e. The third-order valence-electron chi connectivity index (χ3n) is 3.64. The average Bonchev–Trinajstić information content (AvgIpc) is 2.98. The van der Waals surface area contributed by atoms with Crippen molar-refractivity contribution in [1.82, 2.24) is 0 Å². The van der Waals surface area contributed by atoms with Crippen molar-refractivity contribution < 1.29 is 4.79 Å². The predicted octanol–water partition coefficient (Wildman–Crippen LogP) is 4.16. The lowest BCUT2D eigenvalue weighted by molar-refractivity contribution is 0.0983. The van der Waals surface area contributed by atoms with E-state index in [0.29, 0.717) is 5.92 Å². The van der Waals surface area contributed by atoms with Crippen LogP contribution in [0.3, 0.4) is 0 Å². The maximum absolute atomic E-state index is 12.6. The van der Waals surface area contributed by atoms with Gasteiger partial charge in [-0.3, -0.25) is 4.79 Å². The Morgan fingerprint density at radius 2 is 1.58 bits per heavy atom. The summed E-state index contributed by atoms with van der Waals surface area (Å²) in [5.74, 6) is 1.71. The van der Waals surface area contributed by atoms with Crippen LogP contribution in [0.1, 0.15) is 28.3 Å². The fourth-order valence-electron chi connectivity index (χ4n) is 2.66. The summed E-state index contributed by atoms with van der Waals surface area (Å²) in [7, 11) is 0. The lowest BCUT2D eigenvalue weighted by Crippen LogP contribution is -2.21. The summed E-state index contributed by atoms with van der Waals surface area (Å²) in [5.41, 5.74) is 2.13. The largest absolute Gasteiger partial charge is 0.293 e. The molecule has 1 nitrogen and oxygen atoms in total. The summed E-state index contributed by atoms with van der Waals surface area (Å²) < 4.78 is 0. The lowest BCUT2D eigenvalue weighted by Gasteiger charge is -2.18. The van der Waals surface area contributed by atoms with Crippen LogP contribution in [0.2, 0.25) is 0 Å². The Morgan fingerprint density at radius 1 is 0.947 bits per heavy atom. The molecule has 1 aliphatic heterocycles. The molecule has 0 saturated carbocycles. The van der Waals surface area contributed by atoms with Crippen LogP contribution in [0.15, 0.2) is 60.7 Å². The SMILES string of the molecule is O=C(c1ccccc1)C1SCCC1c1ccccc1. The van der Waals surface area contributed by atoms with Crippen molar-refractivity contribution in [2.75, 3.05) is 5.75 Å². The van der Waals surface area contributed by atoms with Crippen LogP contribution in [0, 0.1) is 0 Å². The van der Waals surface area contributed by atoms with Crippen molar-refractivity contribution >= 4 is 17.5 Å². The molecule has 1 saturated heterocycles. The van der Waals surface area contributed by atoms with Crippen molar-refractivity contribution in [2.24, 2.45) is 0 Å². The van der Waals surface area contributed by atoms with Gasteiger partial charge in [0.2, 0.25) is 0 Å². The van der Waals surface area contributed by atoms with E-state index in [2.05, 4.69) is 24.3 Å². The molecule has 2 atom stereocenters. The highest BCUT2D eigenvalue weighted by Gasteiger charge is 2.34. The number of rotatable bonds is 3. The first kappa shape index (κ1) is 12.5. The Labute approximate surface area is 118 Å². The van der Waals surface area contributed by atoms with Crippen molar-refractivity contribution in [2.45, 2.75) is 17.6 Å². The van der Waals surface area contributed by atoms with Crippen LogP contribution in [-0.2, 0) is 0 Å². The highest BCUT2D eigenvalue weighted by Crippen LogP contribution is 2.41. The summed E-state index contributed by atoms with van der Waals surface area (Å²) in [6, 6.07) is 20.1. The van der Waals surface area contributed by atoms with Crippen LogP contribution in [0.4, 0.5) is 0 Å². The maximum Gasteiger partial charge on any atom is 0.176 e. The van der Waals surface area contributed by atoms with Gasteiger partial charge in [-0.25, -0.2) is 0 Å². The first-order chi connectivity index (χ1) is 9.36. The van der Waals surface area contributed by atoms with E-state index < -0.39 is 0 Å². The molecule has 0 aliphatic carbocycles. The molecule has 0 radical (unpaired) electrons. The van der Waals surface area contributed by atoms with Gasteiger partial charge in [0, 0.05) is 11.5 Å². The quantitative estimate of drug-likeness (QED) is 0.778. The number of Topliss-reactive ketones (excluding diaryl/α,β-unsaturated/α-hetero) is 1. The normalized spacial score (nSPS) is 22.3. The third kappa shape index (κ3) is 2.59. The van der Waals surface area contributed by atoms with E-state index in [4.69, 9.17) is 0 Å². The van der Waals surface area contributed by atoms with Gasteiger partial charge in [-0.1, -0.05) is 60.7 Å². The second-order valence-electron chi connectivity index (χ2n) is 4.83. The molecule has 1 heterocycles. The zero-order chi connectivity index (χ0) is 13.1. The van der Waals surface area contributed by atoms with Crippen LogP contribution >= 0.6 is 11.8 Å². The summed E-state index contributed by atoms with van der Waals surface area (Å²) >= 11 is 1.80. The van der Waals surface area contributed by atoms with E-state index in [0.717, 1.165) is 17.7 Å². The van der Waals surface area contributed by atoms with Crippen molar-refractivity contribution in [1.29, 1.82) is 0 Å². The first-order valence-corrected chi connectivity index (χ1v) is 7.67. The fourth-order valence-corrected chi connectivity index (χ4v) is 4.11. The number of carbonyl (C=O) groups is 1. The van der Waals surface area contributed by atoms with Crippen LogP contribution in [0.5, 0.6) is 0 Å². The number of hydrogen-bond acceptors (Lipinski definition) is 2. The van der Waals surface area contributed by atoms with E-state index in [9.17, 15) is 4.79 Å². The van der Waals surface area contributed by atoms with Crippen molar-refractivity contribution in [3.05, 3.63) is 71.8 Å². The van der Waals surface area contributed by atoms with E-state index in [1.54, 1.807) is 11.8 Å². The monoisotopic (exact) mass is 268 g/mol. The predicted molar refractivity (Wildman–Crippen MR) is 80.8 cm³/mol. The molecule has 3 rings (SSSR count). The summed E-state index contributed by atoms with van der Waals surface area (Å²) in [6.45, 7) is 0. The Bertz CT molecular complexity index is 550. The summed E-state index contributed by atoms with van der Waals surface area (Å²) in [5, 5.41) is 0.0739. The standard InChI is InChI=1S/C17H16OS/c18-16(14-9-5-2-6-10-14)17-15(11-12-19-17)13-7-3-1-4-8-13/h1-10,15,17H,11-12H2. The molecule has 0 amide bonds. The highest BCUT2D eigenvalue weighted by molar-refractivity contribution is 8.00. The molecule has 2 unspecified atom stereocenters. The van der Waals surface area contributed by atoms with E-state index in [1.807, 2.05) is 36.4 Å². The Kier molecular flexibility index (Phi) is 3.69. The van der Waals surface area contributed by atoms with Gasteiger partial charge in [0.05, 0.1) is 5.25 Å². The molecule has 2 aromatic rings. The molecule has 0 spiro atoms. The Morgan fingerprint density at radius 3 is 2.26 bits per heavy atom. The van der Waals surface area contributed by atoms with Gasteiger partial charge in [0.25, 0.3) is 0 Å². The van der Waals surface area contributed by atoms with Crippen LogP contribution in [0.25, 0.3) is 0 Å². The molecular formula is C17H16OS. The van der Waals surface area contributed by atoms with Gasteiger partial charge < -0.3 is 0 Å². The van der Waals surface area contributed by atoms with Crippen molar-refractivity contribution in [3.8, 4) is 0 Å². The highest BCUT2D eigenvalue weighted by atomic mass is 32.2. The molecule has 2 heteroatoms. The molecule has 19 heavy (non-hydrogen) atoms. The number of hydrogen-bond donors (Lipinski definition) is 0. The first-order valence-electron chi connectivity index (χ1n) is 6.62. The average molecular weight is 268 g/mol. The topological polar surface area (TPSA) is 17.1 Å². The molecule has 0 aromatic heterocycles. The Hall–Kier alpha value is -1.54. The number of carbonyl (C=O) groups excluding carboxylic acids is 1. The number of benzene rings is 2. The van der Waals surface area contributed by atoms with Gasteiger partial charge in [0.1, 0.15) is 0 Å². The number of thioether (sulfide) groups is 1. The van der Waals surface area contributed by atoms with Gasteiger partial charge in [-0.05, 0) is 17.7 Å². The zero-order valence-corrected chi connectivity index (χ0v) is 11.5. The third-order valence-corrected chi connectivity index (χ3v) is 5.01. The van der Waals surface area contributed by atoms with E-state index >= 15 is 0 Å². The molecule has 1 aliphatic rings. The molecule has 96 valence electrons. The number of ketones is 1. The van der Waals surface area contributed by atoms with E-state index in [-0.39, 0.29) is 11.0 Å². The van der Waals surface area contributed by atoms with Gasteiger partial charge in [0.15, 0.2) is 5.78 Å². The second kappa shape index (κ2) is 5.62. The maximum atomic E-state index is 12.6. The minimum absolute atomic E-state index is 0.0739. The molecule has 0 bridgehead atoms. The fraction of sp³-hybridized carbons (Fsp3) is 0.235. The van der Waals surface area contributed by atoms with Crippen molar-refractivity contribution in [3.63, 3.8) is 0 Å². The minimum Gasteiger partial charge on any atom is -0.293 e. The molecule has 0 N–H and O–H groups in total. The van der Waals surface area contributed by atoms with Crippen LogP contribution < -0.4 is 0 Å². The molecule has 1 fully saturated rings. The summed E-state index contributed by atoms with van der Waals surface area (Å²) in [6.07, 6.45) is 1.10. The zero-order valence-electron chi connectivity index (χ0n) is 10.7. The lowest BCUT2D eigenvalue weighted by atomic mass is 9.89. The minimum atomic E-state index is 0.0739.